The Hall–Kier alpha value is -3.33. The van der Waals surface area contributed by atoms with Crippen molar-refractivity contribution in [2.24, 2.45) is 5.10 Å². The van der Waals surface area contributed by atoms with Crippen LogP contribution >= 0.6 is 35.0 Å². The molecule has 0 atom stereocenters. The summed E-state index contributed by atoms with van der Waals surface area (Å²) in [5.41, 5.74) is 3.96. The number of carbonyl (C=O) groups is 1. The molecule has 172 valence electrons. The average molecular weight is 513 g/mol. The Morgan fingerprint density at radius 2 is 1.88 bits per heavy atom. The summed E-state index contributed by atoms with van der Waals surface area (Å²) in [6.07, 6.45) is 1.42. The van der Waals surface area contributed by atoms with Gasteiger partial charge in [-0.3, -0.25) is 14.2 Å². The minimum absolute atomic E-state index is 0.0123. The number of thioether (sulfide) groups is 1. The molecule has 0 aliphatic rings. The van der Waals surface area contributed by atoms with Crippen molar-refractivity contribution in [1.82, 2.24) is 15.0 Å². The van der Waals surface area contributed by atoms with Gasteiger partial charge < -0.3 is 4.74 Å². The van der Waals surface area contributed by atoms with Gasteiger partial charge in [0.25, 0.3) is 11.5 Å². The second kappa shape index (κ2) is 10.7. The van der Waals surface area contributed by atoms with Crippen LogP contribution in [0.5, 0.6) is 5.75 Å². The van der Waals surface area contributed by atoms with Crippen molar-refractivity contribution >= 4 is 58.0 Å². The summed E-state index contributed by atoms with van der Waals surface area (Å²) in [6.45, 7) is 0. The third-order valence-electron chi connectivity index (χ3n) is 4.78. The minimum Gasteiger partial charge on any atom is -0.497 e. The number of nitrogens with zero attached hydrogens (tertiary/aromatic N) is 3. The van der Waals surface area contributed by atoms with Crippen molar-refractivity contribution in [1.29, 1.82) is 0 Å². The third kappa shape index (κ3) is 5.25. The van der Waals surface area contributed by atoms with Crippen molar-refractivity contribution in [2.75, 3.05) is 12.9 Å². The van der Waals surface area contributed by atoms with Crippen LogP contribution in [-0.2, 0) is 4.79 Å². The molecule has 1 N–H and O–H groups in total. The van der Waals surface area contributed by atoms with Crippen molar-refractivity contribution in [2.45, 2.75) is 5.16 Å². The third-order valence-corrected chi connectivity index (χ3v) is 6.55. The van der Waals surface area contributed by atoms with Gasteiger partial charge in [0.2, 0.25) is 0 Å². The Morgan fingerprint density at radius 3 is 2.65 bits per heavy atom. The molecule has 7 nitrogen and oxygen atoms in total. The molecule has 0 aliphatic heterocycles. The molecule has 1 heterocycles. The van der Waals surface area contributed by atoms with E-state index in [2.05, 4.69) is 15.5 Å². The lowest BCUT2D eigenvalue weighted by atomic mass is 10.2. The molecule has 0 spiro atoms. The van der Waals surface area contributed by atoms with Gasteiger partial charge >= 0.3 is 0 Å². The summed E-state index contributed by atoms with van der Waals surface area (Å²) in [6, 6.07) is 19.2. The van der Waals surface area contributed by atoms with Crippen LogP contribution in [0.4, 0.5) is 0 Å². The van der Waals surface area contributed by atoms with Crippen LogP contribution in [0.1, 0.15) is 5.56 Å². The predicted molar refractivity (Wildman–Crippen MR) is 137 cm³/mol. The van der Waals surface area contributed by atoms with E-state index in [1.165, 1.54) is 10.8 Å². The zero-order valence-corrected chi connectivity index (χ0v) is 20.2. The number of rotatable bonds is 7. The topological polar surface area (TPSA) is 85.6 Å². The van der Waals surface area contributed by atoms with E-state index in [-0.39, 0.29) is 17.2 Å². The molecular weight excluding hydrogens is 495 g/mol. The molecule has 4 aromatic rings. The van der Waals surface area contributed by atoms with Gasteiger partial charge in [-0.05, 0) is 42.5 Å². The number of hydrogen-bond donors (Lipinski definition) is 1. The van der Waals surface area contributed by atoms with E-state index in [0.717, 1.165) is 11.8 Å². The highest BCUT2D eigenvalue weighted by molar-refractivity contribution is 7.99. The predicted octanol–water partition coefficient (Wildman–Crippen LogP) is 4.94. The molecule has 0 unspecified atom stereocenters. The number of amides is 1. The number of fused-ring (bicyclic) bond motifs is 1. The Labute approximate surface area is 209 Å². The van der Waals surface area contributed by atoms with Gasteiger partial charge in [0.1, 0.15) is 5.75 Å². The maximum atomic E-state index is 13.3. The monoisotopic (exact) mass is 512 g/mol. The molecule has 3 aromatic carbocycles. The van der Waals surface area contributed by atoms with Crippen LogP contribution in [0.2, 0.25) is 10.0 Å². The van der Waals surface area contributed by atoms with Crippen molar-refractivity contribution in [3.63, 3.8) is 0 Å². The summed E-state index contributed by atoms with van der Waals surface area (Å²) >= 11 is 13.2. The largest absolute Gasteiger partial charge is 0.497 e. The van der Waals surface area contributed by atoms with E-state index in [0.29, 0.717) is 43.1 Å². The summed E-state index contributed by atoms with van der Waals surface area (Å²) in [5, 5.41) is 5.54. The molecule has 0 saturated heterocycles. The molecule has 0 bridgehead atoms. The van der Waals surface area contributed by atoms with Gasteiger partial charge in [-0.2, -0.15) is 5.10 Å². The highest BCUT2D eigenvalue weighted by Crippen LogP contribution is 2.24. The molecule has 1 amide bonds. The Morgan fingerprint density at radius 1 is 1.12 bits per heavy atom. The fourth-order valence-corrected chi connectivity index (χ4v) is 4.29. The highest BCUT2D eigenvalue weighted by Gasteiger charge is 2.15. The van der Waals surface area contributed by atoms with E-state index in [4.69, 9.17) is 27.9 Å². The lowest BCUT2D eigenvalue weighted by Gasteiger charge is -2.13. The van der Waals surface area contributed by atoms with Crippen LogP contribution in [0.25, 0.3) is 16.6 Å². The SMILES string of the molecule is COc1ccc(-n2c(SCC(=O)N/N=C\c3cccc(Cl)c3Cl)nc3ccccc3c2=O)cc1. The number of hydrazone groups is 1. The van der Waals surface area contributed by atoms with Crippen LogP contribution < -0.4 is 15.7 Å². The fourth-order valence-electron chi connectivity index (χ4n) is 3.12. The van der Waals surface area contributed by atoms with Gasteiger partial charge in [-0.15, -0.1) is 0 Å². The normalized spacial score (nSPS) is 11.1. The second-order valence-electron chi connectivity index (χ2n) is 6.98. The number of methoxy groups -OCH3 is 1. The summed E-state index contributed by atoms with van der Waals surface area (Å²) < 4.78 is 6.69. The minimum atomic E-state index is -0.372. The first kappa shape index (κ1) is 23.8. The van der Waals surface area contributed by atoms with E-state index in [1.54, 1.807) is 67.8 Å². The molecule has 0 aliphatic carbocycles. The van der Waals surface area contributed by atoms with E-state index in [9.17, 15) is 9.59 Å². The molecule has 0 fully saturated rings. The van der Waals surface area contributed by atoms with E-state index < -0.39 is 0 Å². The number of para-hydroxylation sites is 1. The van der Waals surface area contributed by atoms with Gasteiger partial charge in [-0.1, -0.05) is 59.2 Å². The lowest BCUT2D eigenvalue weighted by Crippen LogP contribution is -2.24. The molecule has 10 heteroatoms. The summed E-state index contributed by atoms with van der Waals surface area (Å²) in [5.74, 6) is 0.279. The van der Waals surface area contributed by atoms with Gasteiger partial charge in [0, 0.05) is 5.56 Å². The van der Waals surface area contributed by atoms with Crippen molar-refractivity contribution in [3.05, 3.63) is 92.7 Å². The van der Waals surface area contributed by atoms with Crippen LogP contribution in [0.3, 0.4) is 0 Å². The van der Waals surface area contributed by atoms with Crippen LogP contribution in [0, 0.1) is 0 Å². The van der Waals surface area contributed by atoms with E-state index in [1.807, 2.05) is 6.07 Å². The highest BCUT2D eigenvalue weighted by atomic mass is 35.5. The Bertz CT molecular complexity index is 1440. The number of aromatic nitrogens is 2. The number of benzene rings is 3. The summed E-state index contributed by atoms with van der Waals surface area (Å²) in [7, 11) is 1.57. The second-order valence-corrected chi connectivity index (χ2v) is 8.70. The Balaban J connectivity index is 1.57. The van der Waals surface area contributed by atoms with Gasteiger partial charge in [0.15, 0.2) is 5.16 Å². The zero-order chi connectivity index (χ0) is 24.1. The van der Waals surface area contributed by atoms with Gasteiger partial charge in [0.05, 0.1) is 45.7 Å². The Kier molecular flexibility index (Phi) is 7.52. The quantitative estimate of drug-likeness (QED) is 0.164. The number of ether oxygens (including phenoxy) is 1. The average Bonchev–Trinajstić information content (AvgIpc) is 2.85. The van der Waals surface area contributed by atoms with Crippen molar-refractivity contribution in [3.8, 4) is 11.4 Å². The standard InChI is InChI=1S/C24H18Cl2N4O3S/c1-33-17-11-9-16(10-12-17)30-23(32)18-6-2-3-8-20(18)28-24(30)34-14-21(31)29-27-13-15-5-4-7-19(25)22(15)26/h2-13H,14H2,1H3,(H,29,31)/b27-13-. The maximum Gasteiger partial charge on any atom is 0.266 e. The summed E-state index contributed by atoms with van der Waals surface area (Å²) in [4.78, 5) is 30.3. The zero-order valence-electron chi connectivity index (χ0n) is 17.9. The molecule has 0 radical (unpaired) electrons. The maximum absolute atomic E-state index is 13.3. The first-order valence-corrected chi connectivity index (χ1v) is 11.8. The van der Waals surface area contributed by atoms with Crippen LogP contribution in [-0.4, -0.2) is 34.5 Å². The van der Waals surface area contributed by atoms with Crippen molar-refractivity contribution < 1.29 is 9.53 Å². The number of carbonyl (C=O) groups excluding carboxylic acids is 1. The fraction of sp³-hybridized carbons (Fsp3) is 0.0833. The molecule has 4 rings (SSSR count). The molecule has 0 saturated carbocycles. The molecular formula is C24H18Cl2N4O3S. The van der Waals surface area contributed by atoms with E-state index >= 15 is 0 Å². The number of hydrogen-bond acceptors (Lipinski definition) is 6. The molecule has 34 heavy (non-hydrogen) atoms. The lowest BCUT2D eigenvalue weighted by molar-refractivity contribution is -0.118. The molecule has 1 aromatic heterocycles. The van der Waals surface area contributed by atoms with Gasteiger partial charge in [-0.25, -0.2) is 10.4 Å². The first-order chi connectivity index (χ1) is 16.5. The number of nitrogens with one attached hydrogen (secondary N) is 1. The first-order valence-electron chi connectivity index (χ1n) is 10.0. The van der Waals surface area contributed by atoms with Crippen LogP contribution in [0.15, 0.2) is 81.8 Å². The smallest absolute Gasteiger partial charge is 0.266 e. The number of halogens is 2.